The summed E-state index contributed by atoms with van der Waals surface area (Å²) in [6, 6.07) is 22.6. The SMILES string of the molecule is O=C(OC1(Cc2cccc(F)c2)NC(c2ccccc2)C(c2ccccc2)N1)C(F)(F)F. The van der Waals surface area contributed by atoms with Crippen LogP contribution in [0.25, 0.3) is 0 Å². The molecule has 0 aliphatic carbocycles. The van der Waals surface area contributed by atoms with E-state index < -0.39 is 35.9 Å². The Bertz CT molecular complexity index is 1030. The van der Waals surface area contributed by atoms with Crippen LogP contribution < -0.4 is 10.6 Å². The highest BCUT2D eigenvalue weighted by atomic mass is 19.4. The van der Waals surface area contributed by atoms with Crippen molar-refractivity contribution in [3.05, 3.63) is 107 Å². The van der Waals surface area contributed by atoms with Gasteiger partial charge in [-0.3, -0.25) is 10.6 Å². The topological polar surface area (TPSA) is 50.4 Å². The molecule has 2 N–H and O–H groups in total. The van der Waals surface area contributed by atoms with Gasteiger partial charge in [0.15, 0.2) is 0 Å². The maximum atomic E-state index is 13.8. The average molecular weight is 444 g/mol. The van der Waals surface area contributed by atoms with Gasteiger partial charge in [-0.2, -0.15) is 13.2 Å². The standard InChI is InChI=1S/C24H20F4N2O2/c25-19-13-7-8-16(14-19)15-23(32-22(31)24(26,27)28)29-20(17-9-3-1-4-10-17)21(30-23)18-11-5-2-6-12-18/h1-14,20-21,29-30H,15H2. The Morgan fingerprint density at radius 3 is 1.84 bits per heavy atom. The van der Waals surface area contributed by atoms with E-state index in [9.17, 15) is 22.4 Å². The average Bonchev–Trinajstić information content (AvgIpc) is 3.13. The van der Waals surface area contributed by atoms with E-state index in [4.69, 9.17) is 4.74 Å². The Labute approximate surface area is 182 Å². The third kappa shape index (κ3) is 4.81. The van der Waals surface area contributed by atoms with E-state index in [0.717, 1.165) is 11.1 Å². The number of halogens is 4. The molecule has 0 radical (unpaired) electrons. The van der Waals surface area contributed by atoms with Crippen molar-refractivity contribution in [1.29, 1.82) is 0 Å². The first-order chi connectivity index (χ1) is 15.3. The summed E-state index contributed by atoms with van der Waals surface area (Å²) in [6.07, 6.45) is -5.41. The highest BCUT2D eigenvalue weighted by Crippen LogP contribution is 2.39. The van der Waals surface area contributed by atoms with Crippen molar-refractivity contribution in [3.63, 3.8) is 0 Å². The molecule has 1 saturated heterocycles. The number of rotatable bonds is 5. The molecule has 0 aromatic heterocycles. The van der Waals surface area contributed by atoms with Crippen LogP contribution in [0.15, 0.2) is 84.9 Å². The van der Waals surface area contributed by atoms with Crippen molar-refractivity contribution in [1.82, 2.24) is 10.6 Å². The Morgan fingerprint density at radius 2 is 1.38 bits per heavy atom. The molecule has 0 amide bonds. The van der Waals surface area contributed by atoms with Crippen LogP contribution in [0.5, 0.6) is 0 Å². The molecule has 4 rings (SSSR count). The monoisotopic (exact) mass is 444 g/mol. The molecule has 2 unspecified atom stereocenters. The van der Waals surface area contributed by atoms with Crippen molar-refractivity contribution in [2.45, 2.75) is 30.5 Å². The van der Waals surface area contributed by atoms with E-state index in [0.29, 0.717) is 5.56 Å². The Kier molecular flexibility index (Phi) is 5.99. The van der Waals surface area contributed by atoms with Crippen LogP contribution in [-0.2, 0) is 16.0 Å². The number of ether oxygens (including phenoxy) is 1. The minimum absolute atomic E-state index is 0.223. The van der Waals surface area contributed by atoms with E-state index in [-0.39, 0.29) is 6.42 Å². The summed E-state index contributed by atoms with van der Waals surface area (Å²) >= 11 is 0. The molecule has 32 heavy (non-hydrogen) atoms. The van der Waals surface area contributed by atoms with Gasteiger partial charge in [-0.15, -0.1) is 0 Å². The highest BCUT2D eigenvalue weighted by Gasteiger charge is 2.52. The minimum Gasteiger partial charge on any atom is -0.423 e. The largest absolute Gasteiger partial charge is 0.491 e. The van der Waals surface area contributed by atoms with Crippen LogP contribution in [-0.4, -0.2) is 18.0 Å². The minimum atomic E-state index is -5.19. The zero-order valence-corrected chi connectivity index (χ0v) is 16.8. The zero-order chi connectivity index (χ0) is 22.8. The number of alkyl halides is 3. The Hall–Kier alpha value is -3.23. The number of carbonyl (C=O) groups excluding carboxylic acids is 1. The summed E-state index contributed by atoms with van der Waals surface area (Å²) in [4.78, 5) is 11.9. The molecule has 2 atom stereocenters. The molecule has 0 saturated carbocycles. The van der Waals surface area contributed by atoms with Crippen LogP contribution in [0.2, 0.25) is 0 Å². The van der Waals surface area contributed by atoms with Crippen molar-refractivity contribution < 1.29 is 27.1 Å². The van der Waals surface area contributed by atoms with E-state index in [2.05, 4.69) is 10.6 Å². The van der Waals surface area contributed by atoms with Gasteiger partial charge in [0.1, 0.15) is 5.82 Å². The molecule has 0 bridgehead atoms. The van der Waals surface area contributed by atoms with Crippen molar-refractivity contribution in [2.75, 3.05) is 0 Å². The van der Waals surface area contributed by atoms with Gasteiger partial charge in [-0.1, -0.05) is 72.8 Å². The van der Waals surface area contributed by atoms with Gasteiger partial charge in [0, 0.05) is 6.42 Å². The number of nitrogens with one attached hydrogen (secondary N) is 2. The zero-order valence-electron chi connectivity index (χ0n) is 16.8. The second kappa shape index (κ2) is 8.72. The van der Waals surface area contributed by atoms with Gasteiger partial charge in [-0.05, 0) is 28.8 Å². The molecule has 3 aromatic rings. The smallest absolute Gasteiger partial charge is 0.423 e. The lowest BCUT2D eigenvalue weighted by Crippen LogP contribution is -2.56. The quantitative estimate of drug-likeness (QED) is 0.438. The number of hydrogen-bond acceptors (Lipinski definition) is 4. The fourth-order valence-corrected chi connectivity index (χ4v) is 3.93. The van der Waals surface area contributed by atoms with E-state index in [1.54, 1.807) is 6.07 Å². The third-order valence-electron chi connectivity index (χ3n) is 5.27. The van der Waals surface area contributed by atoms with Gasteiger partial charge < -0.3 is 4.74 Å². The number of carbonyl (C=O) groups is 1. The summed E-state index contributed by atoms with van der Waals surface area (Å²) in [5, 5.41) is 6.13. The summed E-state index contributed by atoms with van der Waals surface area (Å²) in [5.74, 6) is -4.80. The highest BCUT2D eigenvalue weighted by molar-refractivity contribution is 5.76. The molecule has 0 spiro atoms. The molecule has 1 aliphatic rings. The maximum Gasteiger partial charge on any atom is 0.491 e. The van der Waals surface area contributed by atoms with Gasteiger partial charge in [0.25, 0.3) is 0 Å². The number of benzene rings is 3. The van der Waals surface area contributed by atoms with Crippen LogP contribution >= 0.6 is 0 Å². The Balaban J connectivity index is 1.76. The van der Waals surface area contributed by atoms with Gasteiger partial charge in [0.05, 0.1) is 12.1 Å². The number of hydrogen-bond donors (Lipinski definition) is 2. The van der Waals surface area contributed by atoms with Gasteiger partial charge in [-0.25, -0.2) is 9.18 Å². The number of esters is 1. The van der Waals surface area contributed by atoms with E-state index in [1.807, 2.05) is 60.7 Å². The molecule has 166 valence electrons. The third-order valence-corrected chi connectivity index (χ3v) is 5.27. The first-order valence-corrected chi connectivity index (χ1v) is 9.96. The lowest BCUT2D eigenvalue weighted by atomic mass is 9.95. The normalized spacial score (nSPS) is 23.1. The first-order valence-electron chi connectivity index (χ1n) is 9.96. The molecule has 1 aliphatic heterocycles. The summed E-state index contributed by atoms with van der Waals surface area (Å²) < 4.78 is 58.2. The Morgan fingerprint density at radius 1 is 0.844 bits per heavy atom. The lowest BCUT2D eigenvalue weighted by molar-refractivity contribution is -0.218. The van der Waals surface area contributed by atoms with E-state index >= 15 is 0 Å². The van der Waals surface area contributed by atoms with Gasteiger partial charge >= 0.3 is 12.1 Å². The van der Waals surface area contributed by atoms with Crippen molar-refractivity contribution >= 4 is 5.97 Å². The van der Waals surface area contributed by atoms with Crippen LogP contribution in [0.3, 0.4) is 0 Å². The maximum absolute atomic E-state index is 13.8. The lowest BCUT2D eigenvalue weighted by Gasteiger charge is -2.31. The van der Waals surface area contributed by atoms with Gasteiger partial charge in [0.2, 0.25) is 5.85 Å². The van der Waals surface area contributed by atoms with Crippen LogP contribution in [0.1, 0.15) is 28.8 Å². The molecule has 3 aromatic carbocycles. The van der Waals surface area contributed by atoms with Crippen LogP contribution in [0, 0.1) is 5.82 Å². The second-order valence-corrected chi connectivity index (χ2v) is 7.59. The molecular formula is C24H20F4N2O2. The van der Waals surface area contributed by atoms with Crippen molar-refractivity contribution in [2.24, 2.45) is 0 Å². The van der Waals surface area contributed by atoms with E-state index in [1.165, 1.54) is 18.2 Å². The molecular weight excluding hydrogens is 424 g/mol. The fraction of sp³-hybridized carbons (Fsp3) is 0.208. The van der Waals surface area contributed by atoms with Crippen LogP contribution in [0.4, 0.5) is 17.6 Å². The molecule has 4 nitrogen and oxygen atoms in total. The molecule has 1 fully saturated rings. The second-order valence-electron chi connectivity index (χ2n) is 7.59. The predicted molar refractivity (Wildman–Crippen MR) is 110 cm³/mol. The fourth-order valence-electron chi connectivity index (χ4n) is 3.93. The summed E-state index contributed by atoms with van der Waals surface area (Å²) in [6.45, 7) is 0. The summed E-state index contributed by atoms with van der Waals surface area (Å²) in [7, 11) is 0. The molecule has 1 heterocycles. The first kappa shape index (κ1) is 22.0. The predicted octanol–water partition coefficient (Wildman–Crippen LogP) is 4.80. The summed E-state index contributed by atoms with van der Waals surface area (Å²) in [5.41, 5.74) is 1.94. The molecule has 8 heteroatoms. The van der Waals surface area contributed by atoms with Crippen molar-refractivity contribution in [3.8, 4) is 0 Å².